The van der Waals surface area contributed by atoms with Gasteiger partial charge in [-0.1, -0.05) is 166 Å². The Hall–Kier alpha value is -5.60. The summed E-state index contributed by atoms with van der Waals surface area (Å²) in [6, 6.07) is 53.7. The average Bonchev–Trinajstić information content (AvgIpc) is 3.16. The number of aryl methyl sites for hydroxylation is 2. The van der Waals surface area contributed by atoms with E-state index in [0.29, 0.717) is 11.5 Å². The van der Waals surface area contributed by atoms with E-state index >= 15 is 0 Å². The molecule has 7 rings (SSSR count). The third-order valence-corrected chi connectivity index (χ3v) is 9.50. The summed E-state index contributed by atoms with van der Waals surface area (Å²) in [6.45, 7) is 8.92. The molecule has 0 bridgehead atoms. The molecule has 0 spiro atoms. The lowest BCUT2D eigenvalue weighted by molar-refractivity contribution is 0.741. The van der Waals surface area contributed by atoms with Gasteiger partial charge in [-0.05, 0) is 86.9 Å². The molecule has 2 nitrogen and oxygen atoms in total. The van der Waals surface area contributed by atoms with E-state index in [-0.39, 0.29) is 5.92 Å². The molecule has 6 aromatic carbocycles. The normalized spacial score (nSPS) is 13.4. The van der Waals surface area contributed by atoms with E-state index in [1.54, 1.807) is 0 Å². The van der Waals surface area contributed by atoms with E-state index in [2.05, 4.69) is 160 Å². The maximum Gasteiger partial charge on any atom is 0.160 e. The quantitative estimate of drug-likeness (QED) is 0.119. The van der Waals surface area contributed by atoms with Gasteiger partial charge in [0.05, 0.1) is 11.4 Å². The molecule has 0 aliphatic heterocycles. The molecule has 234 valence electrons. The second-order valence-electron chi connectivity index (χ2n) is 12.6. The van der Waals surface area contributed by atoms with Crippen LogP contribution in [0.3, 0.4) is 0 Å². The fourth-order valence-electron chi connectivity index (χ4n) is 6.52. The van der Waals surface area contributed by atoms with Crippen LogP contribution >= 0.6 is 0 Å². The number of nitrogens with zero attached hydrogens (tertiary/aromatic N) is 2. The van der Waals surface area contributed by atoms with Gasteiger partial charge in [0.15, 0.2) is 5.84 Å². The fraction of sp³-hybridized carbons (Fsp3) is 0.130. The predicted molar refractivity (Wildman–Crippen MR) is 205 cm³/mol. The van der Waals surface area contributed by atoms with Gasteiger partial charge in [-0.3, -0.25) is 0 Å². The lowest BCUT2D eigenvalue weighted by Crippen LogP contribution is -2.16. The first-order valence-electron chi connectivity index (χ1n) is 17.0. The zero-order valence-corrected chi connectivity index (χ0v) is 27.7. The maximum absolute atomic E-state index is 5.43. The zero-order chi connectivity index (χ0) is 32.9. The molecule has 0 amide bonds. The van der Waals surface area contributed by atoms with Gasteiger partial charge >= 0.3 is 0 Å². The minimum Gasteiger partial charge on any atom is -0.232 e. The van der Waals surface area contributed by atoms with Gasteiger partial charge in [-0.25, -0.2) is 9.98 Å². The molecule has 1 unspecified atom stereocenters. The summed E-state index contributed by atoms with van der Waals surface area (Å²) in [5, 5.41) is 0. The lowest BCUT2D eigenvalue weighted by atomic mass is 9.83. The highest BCUT2D eigenvalue weighted by molar-refractivity contribution is 6.14. The van der Waals surface area contributed by atoms with E-state index < -0.39 is 0 Å². The van der Waals surface area contributed by atoms with Gasteiger partial charge in [-0.15, -0.1) is 0 Å². The molecule has 6 aromatic rings. The zero-order valence-electron chi connectivity index (χ0n) is 27.7. The lowest BCUT2D eigenvalue weighted by Gasteiger charge is -2.22. The average molecular weight is 621 g/mol. The number of rotatable bonds is 8. The van der Waals surface area contributed by atoms with Gasteiger partial charge in [0.2, 0.25) is 0 Å². The van der Waals surface area contributed by atoms with Crippen molar-refractivity contribution in [3.05, 3.63) is 186 Å². The van der Waals surface area contributed by atoms with Gasteiger partial charge in [-0.2, -0.15) is 0 Å². The van der Waals surface area contributed by atoms with Crippen LogP contribution in [0.25, 0.3) is 39.1 Å². The van der Waals surface area contributed by atoms with Crippen LogP contribution in [-0.4, -0.2) is 11.5 Å². The Bertz CT molecular complexity index is 2100. The van der Waals surface area contributed by atoms with E-state index in [1.165, 1.54) is 38.9 Å². The second kappa shape index (κ2) is 14.0. The SMILES string of the molecule is C=C(N=C(N=C(c1ccc2c(c1)-c1ccccc1CC2)C(C)CC)c1ccc(-c2ccccc2)cc1)c1ccc(-c2ccccc2)cc1. The summed E-state index contributed by atoms with van der Waals surface area (Å²) in [4.78, 5) is 10.6. The van der Waals surface area contributed by atoms with Crippen LogP contribution < -0.4 is 0 Å². The molecule has 1 aliphatic carbocycles. The molecular weight excluding hydrogens is 581 g/mol. The molecule has 1 aliphatic rings. The number of fused-ring (bicyclic) bond motifs is 3. The summed E-state index contributed by atoms with van der Waals surface area (Å²) in [7, 11) is 0. The number of aliphatic imine (C=N–C) groups is 2. The topological polar surface area (TPSA) is 24.7 Å². The summed E-state index contributed by atoms with van der Waals surface area (Å²) >= 11 is 0. The highest BCUT2D eigenvalue weighted by atomic mass is 14.9. The van der Waals surface area contributed by atoms with Gasteiger partial charge in [0.25, 0.3) is 0 Å². The molecule has 0 radical (unpaired) electrons. The Morgan fingerprint density at radius 3 is 1.65 bits per heavy atom. The van der Waals surface area contributed by atoms with Crippen molar-refractivity contribution in [2.45, 2.75) is 33.1 Å². The predicted octanol–water partition coefficient (Wildman–Crippen LogP) is 11.7. The molecular formula is C46H40N2. The van der Waals surface area contributed by atoms with Crippen LogP contribution in [0, 0.1) is 5.92 Å². The number of benzene rings is 6. The molecule has 0 aromatic heterocycles. The van der Waals surface area contributed by atoms with Crippen molar-refractivity contribution in [2.24, 2.45) is 15.9 Å². The van der Waals surface area contributed by atoms with Crippen LogP contribution in [0.15, 0.2) is 168 Å². The molecule has 48 heavy (non-hydrogen) atoms. The van der Waals surface area contributed by atoms with Crippen molar-refractivity contribution in [1.29, 1.82) is 0 Å². The van der Waals surface area contributed by atoms with Gasteiger partial charge in [0, 0.05) is 5.56 Å². The first kappa shape index (κ1) is 31.0. The third kappa shape index (κ3) is 6.61. The van der Waals surface area contributed by atoms with E-state index in [4.69, 9.17) is 9.98 Å². The summed E-state index contributed by atoms with van der Waals surface area (Å²) < 4.78 is 0. The van der Waals surface area contributed by atoms with Crippen LogP contribution in [0.1, 0.15) is 48.1 Å². The van der Waals surface area contributed by atoms with Crippen molar-refractivity contribution in [3.63, 3.8) is 0 Å². The highest BCUT2D eigenvalue weighted by Crippen LogP contribution is 2.35. The molecule has 0 N–H and O–H groups in total. The van der Waals surface area contributed by atoms with E-state index in [0.717, 1.165) is 47.2 Å². The van der Waals surface area contributed by atoms with E-state index in [1.807, 2.05) is 12.1 Å². The van der Waals surface area contributed by atoms with Crippen molar-refractivity contribution < 1.29 is 0 Å². The summed E-state index contributed by atoms with van der Waals surface area (Å²) in [6.07, 6.45) is 3.11. The van der Waals surface area contributed by atoms with Crippen molar-refractivity contribution in [2.75, 3.05) is 0 Å². The largest absolute Gasteiger partial charge is 0.232 e. The summed E-state index contributed by atoms with van der Waals surface area (Å²) in [5.41, 5.74) is 15.0. The number of hydrogen-bond donors (Lipinski definition) is 0. The molecule has 2 heteroatoms. The molecule has 0 heterocycles. The Labute approximate surface area is 284 Å². The van der Waals surface area contributed by atoms with Crippen molar-refractivity contribution in [1.82, 2.24) is 0 Å². The van der Waals surface area contributed by atoms with Crippen LogP contribution in [-0.2, 0) is 12.8 Å². The molecule has 1 atom stereocenters. The van der Waals surface area contributed by atoms with Crippen LogP contribution in [0.2, 0.25) is 0 Å². The Morgan fingerprint density at radius 1 is 0.542 bits per heavy atom. The van der Waals surface area contributed by atoms with E-state index in [9.17, 15) is 0 Å². The first-order chi connectivity index (χ1) is 23.6. The minimum absolute atomic E-state index is 0.231. The minimum atomic E-state index is 0.231. The number of amidine groups is 1. The smallest absolute Gasteiger partial charge is 0.160 e. The Kier molecular flexibility index (Phi) is 9.07. The standard InChI is InChI=1S/C46H40N2/c1-4-32(2)45(42-30-27-40-26-25-39-17-11-12-18-43(39)44(40)31-42)48-46(41-28-23-38(24-29-41)36-15-9-6-10-16-36)47-33(3)34-19-21-37(22-20-34)35-13-7-5-8-14-35/h5-24,27-32H,3-4,25-26H2,1-2H3. The molecule has 0 fully saturated rings. The van der Waals surface area contributed by atoms with Crippen LogP contribution in [0.4, 0.5) is 0 Å². The van der Waals surface area contributed by atoms with Gasteiger partial charge < -0.3 is 0 Å². The van der Waals surface area contributed by atoms with Crippen molar-refractivity contribution >= 4 is 17.2 Å². The second-order valence-corrected chi connectivity index (χ2v) is 12.6. The highest BCUT2D eigenvalue weighted by Gasteiger charge is 2.20. The maximum atomic E-state index is 5.43. The fourth-order valence-corrected chi connectivity index (χ4v) is 6.52. The monoisotopic (exact) mass is 620 g/mol. The van der Waals surface area contributed by atoms with Crippen molar-refractivity contribution in [3.8, 4) is 33.4 Å². The first-order valence-corrected chi connectivity index (χ1v) is 17.0. The number of hydrogen-bond acceptors (Lipinski definition) is 1. The summed E-state index contributed by atoms with van der Waals surface area (Å²) in [5.74, 6) is 0.897. The Morgan fingerprint density at radius 2 is 1.04 bits per heavy atom. The molecule has 0 saturated heterocycles. The Balaban J connectivity index is 1.31. The molecule has 0 saturated carbocycles. The van der Waals surface area contributed by atoms with Gasteiger partial charge in [0.1, 0.15) is 0 Å². The van der Waals surface area contributed by atoms with Crippen LogP contribution in [0.5, 0.6) is 0 Å². The third-order valence-electron chi connectivity index (χ3n) is 9.50.